The molecular formula is C21H30N4O2S. The molecule has 0 bridgehead atoms. The lowest BCUT2D eigenvalue weighted by Gasteiger charge is -2.28. The lowest BCUT2D eigenvalue weighted by atomic mass is 9.89. The highest BCUT2D eigenvalue weighted by Crippen LogP contribution is 2.29. The fraction of sp³-hybridized carbons (Fsp3) is 0.667. The van der Waals surface area contributed by atoms with Gasteiger partial charge in [0.25, 0.3) is 11.5 Å². The van der Waals surface area contributed by atoms with Crippen molar-refractivity contribution < 1.29 is 4.79 Å². The molecule has 0 atom stereocenters. The van der Waals surface area contributed by atoms with Crippen molar-refractivity contribution in [3.05, 3.63) is 27.1 Å². The van der Waals surface area contributed by atoms with Crippen LogP contribution in [0, 0.1) is 12.8 Å². The van der Waals surface area contributed by atoms with Gasteiger partial charge >= 0.3 is 0 Å². The molecule has 1 saturated heterocycles. The van der Waals surface area contributed by atoms with Crippen LogP contribution >= 0.6 is 11.3 Å². The summed E-state index contributed by atoms with van der Waals surface area (Å²) < 4.78 is 1.48. The number of thiophene rings is 1. The SMILES string of the molecule is Cc1c(C(=O)N2CCCN(CC3CCCCC3)CC2)sc2ncn(C)c(=O)c12. The van der Waals surface area contributed by atoms with Crippen LogP contribution in [0.5, 0.6) is 0 Å². The Morgan fingerprint density at radius 1 is 1.14 bits per heavy atom. The van der Waals surface area contributed by atoms with E-state index < -0.39 is 0 Å². The number of aryl methyl sites for hydroxylation is 2. The summed E-state index contributed by atoms with van der Waals surface area (Å²) in [5.41, 5.74) is 0.703. The molecule has 152 valence electrons. The minimum Gasteiger partial charge on any atom is -0.337 e. The molecule has 7 heteroatoms. The molecule has 2 aliphatic rings. The molecule has 1 amide bonds. The quantitative estimate of drug-likeness (QED) is 0.792. The van der Waals surface area contributed by atoms with Crippen molar-refractivity contribution in [3.63, 3.8) is 0 Å². The van der Waals surface area contributed by atoms with Crippen LogP contribution in [-0.2, 0) is 7.05 Å². The molecule has 2 aromatic rings. The van der Waals surface area contributed by atoms with Gasteiger partial charge in [0.15, 0.2) is 0 Å². The zero-order chi connectivity index (χ0) is 19.7. The number of amides is 1. The molecule has 4 rings (SSSR count). The van der Waals surface area contributed by atoms with E-state index in [0.29, 0.717) is 15.1 Å². The molecule has 2 aromatic heterocycles. The van der Waals surface area contributed by atoms with Crippen LogP contribution < -0.4 is 5.56 Å². The molecule has 0 radical (unpaired) electrons. The molecule has 3 heterocycles. The number of hydrogen-bond acceptors (Lipinski definition) is 5. The van der Waals surface area contributed by atoms with Crippen LogP contribution in [0.15, 0.2) is 11.1 Å². The highest BCUT2D eigenvalue weighted by molar-refractivity contribution is 7.20. The summed E-state index contributed by atoms with van der Waals surface area (Å²) in [4.78, 5) is 35.9. The van der Waals surface area contributed by atoms with Gasteiger partial charge < -0.3 is 14.4 Å². The third-order valence-electron chi connectivity index (χ3n) is 6.32. The van der Waals surface area contributed by atoms with Crippen molar-refractivity contribution in [2.24, 2.45) is 13.0 Å². The van der Waals surface area contributed by atoms with Gasteiger partial charge in [-0.15, -0.1) is 11.3 Å². The Hall–Kier alpha value is -1.73. The average molecular weight is 403 g/mol. The summed E-state index contributed by atoms with van der Waals surface area (Å²) in [5, 5.41) is 0.590. The highest BCUT2D eigenvalue weighted by atomic mass is 32.1. The van der Waals surface area contributed by atoms with Gasteiger partial charge in [0.1, 0.15) is 4.83 Å². The van der Waals surface area contributed by atoms with E-state index in [-0.39, 0.29) is 11.5 Å². The zero-order valence-corrected chi connectivity index (χ0v) is 17.8. The first-order valence-electron chi connectivity index (χ1n) is 10.5. The summed E-state index contributed by atoms with van der Waals surface area (Å²) in [6.45, 7) is 6.65. The maximum Gasteiger partial charge on any atom is 0.264 e. The van der Waals surface area contributed by atoms with Gasteiger partial charge in [0.2, 0.25) is 0 Å². The number of rotatable bonds is 3. The van der Waals surface area contributed by atoms with Crippen molar-refractivity contribution in [1.82, 2.24) is 19.4 Å². The average Bonchev–Trinajstić information content (AvgIpc) is 2.87. The summed E-state index contributed by atoms with van der Waals surface area (Å²) >= 11 is 1.36. The molecule has 0 aromatic carbocycles. The van der Waals surface area contributed by atoms with Crippen LogP contribution in [0.1, 0.15) is 53.8 Å². The Balaban J connectivity index is 1.46. The van der Waals surface area contributed by atoms with Crippen LogP contribution in [0.2, 0.25) is 0 Å². The van der Waals surface area contributed by atoms with Crippen molar-refractivity contribution in [3.8, 4) is 0 Å². The van der Waals surface area contributed by atoms with Crippen molar-refractivity contribution in [2.75, 3.05) is 32.7 Å². The lowest BCUT2D eigenvalue weighted by molar-refractivity contribution is 0.0764. The third-order valence-corrected chi connectivity index (χ3v) is 7.51. The number of carbonyl (C=O) groups excluding carboxylic acids is 1. The predicted molar refractivity (Wildman–Crippen MR) is 113 cm³/mol. The van der Waals surface area contributed by atoms with E-state index in [9.17, 15) is 9.59 Å². The van der Waals surface area contributed by atoms with Crippen molar-refractivity contribution >= 4 is 27.5 Å². The minimum absolute atomic E-state index is 0.0575. The van der Waals surface area contributed by atoms with Crippen molar-refractivity contribution in [2.45, 2.75) is 45.4 Å². The monoisotopic (exact) mass is 402 g/mol. The Labute approximate surface area is 170 Å². The Morgan fingerprint density at radius 2 is 1.93 bits per heavy atom. The standard InChI is InChI=1S/C21H30N4O2S/c1-15-17-19(22-14-23(2)20(17)26)28-18(15)21(27)25-10-6-9-24(11-12-25)13-16-7-4-3-5-8-16/h14,16H,3-13H2,1-2H3. The van der Waals surface area contributed by atoms with E-state index in [2.05, 4.69) is 9.88 Å². The molecule has 1 saturated carbocycles. The number of carbonyl (C=O) groups is 1. The van der Waals surface area contributed by atoms with E-state index in [1.807, 2.05) is 11.8 Å². The second-order valence-corrected chi connectivity index (χ2v) is 9.35. The first-order valence-corrected chi connectivity index (χ1v) is 11.3. The molecular weight excluding hydrogens is 372 g/mol. The third kappa shape index (κ3) is 3.87. The molecule has 0 unspecified atom stereocenters. The Kier molecular flexibility index (Phi) is 5.83. The maximum atomic E-state index is 13.2. The summed E-state index contributed by atoms with van der Waals surface area (Å²) in [6, 6.07) is 0. The van der Waals surface area contributed by atoms with E-state index in [1.165, 1.54) is 60.9 Å². The van der Waals surface area contributed by atoms with Gasteiger partial charge in [-0.2, -0.15) is 0 Å². The summed E-state index contributed by atoms with van der Waals surface area (Å²) in [6.07, 6.45) is 9.42. The van der Waals surface area contributed by atoms with E-state index in [4.69, 9.17) is 0 Å². The van der Waals surface area contributed by atoms with E-state index in [0.717, 1.165) is 44.1 Å². The Morgan fingerprint density at radius 3 is 2.71 bits per heavy atom. The number of fused-ring (bicyclic) bond motifs is 1. The van der Waals surface area contributed by atoms with Crippen LogP contribution in [0.25, 0.3) is 10.2 Å². The van der Waals surface area contributed by atoms with Crippen LogP contribution in [0.4, 0.5) is 0 Å². The second kappa shape index (κ2) is 8.33. The molecule has 6 nitrogen and oxygen atoms in total. The summed E-state index contributed by atoms with van der Waals surface area (Å²) in [7, 11) is 1.70. The number of nitrogens with zero attached hydrogens (tertiary/aromatic N) is 4. The van der Waals surface area contributed by atoms with Gasteiger partial charge in [-0.05, 0) is 44.2 Å². The van der Waals surface area contributed by atoms with Crippen LogP contribution in [-0.4, -0.2) is 58.0 Å². The fourth-order valence-corrected chi connectivity index (χ4v) is 5.76. The highest BCUT2D eigenvalue weighted by Gasteiger charge is 2.26. The molecule has 28 heavy (non-hydrogen) atoms. The maximum absolute atomic E-state index is 13.2. The predicted octanol–water partition coefficient (Wildman–Crippen LogP) is 3.03. The largest absolute Gasteiger partial charge is 0.337 e. The smallest absolute Gasteiger partial charge is 0.264 e. The van der Waals surface area contributed by atoms with E-state index in [1.54, 1.807) is 7.05 Å². The normalized spacial score (nSPS) is 19.9. The first-order chi connectivity index (χ1) is 13.5. The molecule has 1 aliphatic carbocycles. The zero-order valence-electron chi connectivity index (χ0n) is 16.9. The number of hydrogen-bond donors (Lipinski definition) is 0. The second-order valence-electron chi connectivity index (χ2n) is 8.35. The van der Waals surface area contributed by atoms with Gasteiger partial charge in [0, 0.05) is 33.2 Å². The fourth-order valence-electron chi connectivity index (χ4n) is 4.65. The van der Waals surface area contributed by atoms with Gasteiger partial charge in [-0.3, -0.25) is 9.59 Å². The molecule has 0 spiro atoms. The molecule has 2 fully saturated rings. The van der Waals surface area contributed by atoms with E-state index >= 15 is 0 Å². The topological polar surface area (TPSA) is 58.4 Å². The van der Waals surface area contributed by atoms with Gasteiger partial charge in [-0.25, -0.2) is 4.98 Å². The van der Waals surface area contributed by atoms with Crippen LogP contribution in [0.3, 0.4) is 0 Å². The van der Waals surface area contributed by atoms with Crippen molar-refractivity contribution in [1.29, 1.82) is 0 Å². The van der Waals surface area contributed by atoms with Gasteiger partial charge in [-0.1, -0.05) is 19.3 Å². The van der Waals surface area contributed by atoms with Gasteiger partial charge in [0.05, 0.1) is 16.6 Å². The lowest BCUT2D eigenvalue weighted by Crippen LogP contribution is -2.36. The molecule has 0 N–H and O–H groups in total. The Bertz CT molecular complexity index is 913. The molecule has 1 aliphatic heterocycles. The minimum atomic E-state index is -0.0766. The summed E-state index contributed by atoms with van der Waals surface area (Å²) in [5.74, 6) is 0.894. The first kappa shape index (κ1) is 19.6. The number of aromatic nitrogens is 2.